The molecule has 1 aromatic carbocycles. The minimum absolute atomic E-state index is 0.278. The summed E-state index contributed by atoms with van der Waals surface area (Å²) in [5.41, 5.74) is 4.63. The third-order valence-electron chi connectivity index (χ3n) is 12.1. The number of aromatic nitrogens is 1. The number of ether oxygens (including phenoxy) is 2. The zero-order valence-electron chi connectivity index (χ0n) is 26.5. The van der Waals surface area contributed by atoms with Gasteiger partial charge in [0.15, 0.2) is 5.13 Å². The molecule has 4 aliphatic carbocycles. The average Bonchev–Trinajstić information content (AvgIpc) is 3.53. The summed E-state index contributed by atoms with van der Waals surface area (Å²) in [4.78, 5) is 6.53. The molecular weight excluding hydrogens is 524 g/mol. The van der Waals surface area contributed by atoms with E-state index in [9.17, 15) is 0 Å². The first-order chi connectivity index (χ1) is 19.7. The molecular formula is C36H52N2O2S. The van der Waals surface area contributed by atoms with E-state index in [0.717, 1.165) is 64.2 Å². The molecule has 2 saturated carbocycles. The Kier molecular flexibility index (Phi) is 7.98. The highest BCUT2D eigenvalue weighted by Crippen LogP contribution is 2.68. The quantitative estimate of drug-likeness (QED) is 0.322. The van der Waals surface area contributed by atoms with Crippen LogP contribution in [0.3, 0.4) is 0 Å². The Labute approximate surface area is 252 Å². The van der Waals surface area contributed by atoms with Gasteiger partial charge < -0.3 is 14.8 Å². The molecule has 224 valence electrons. The first kappa shape index (κ1) is 29.1. The number of hydrogen-bond donors (Lipinski definition) is 1. The number of anilines is 2. The van der Waals surface area contributed by atoms with Gasteiger partial charge >= 0.3 is 0 Å². The summed E-state index contributed by atoms with van der Waals surface area (Å²) in [5.74, 6) is 6.75. The summed E-state index contributed by atoms with van der Waals surface area (Å²) >= 11 is 1.84. The predicted octanol–water partition coefficient (Wildman–Crippen LogP) is 10.2. The summed E-state index contributed by atoms with van der Waals surface area (Å²) in [6.07, 6.45) is 16.2. The second-order valence-corrected chi connectivity index (χ2v) is 15.7. The van der Waals surface area contributed by atoms with Gasteiger partial charge in [0, 0.05) is 6.07 Å². The molecule has 2 fully saturated rings. The summed E-state index contributed by atoms with van der Waals surface area (Å²) in [5, 5.41) is 4.53. The highest BCUT2D eigenvalue weighted by Gasteiger charge is 2.59. The van der Waals surface area contributed by atoms with Crippen molar-refractivity contribution >= 4 is 27.7 Å². The van der Waals surface area contributed by atoms with Gasteiger partial charge in [-0.3, -0.25) is 0 Å². The number of rotatable bonds is 9. The molecule has 0 saturated heterocycles. The Hall–Kier alpha value is -2.01. The lowest BCUT2D eigenvalue weighted by molar-refractivity contribution is -0.0392. The Morgan fingerprint density at radius 1 is 1.02 bits per heavy atom. The fourth-order valence-electron chi connectivity index (χ4n) is 9.97. The molecule has 7 unspecified atom stereocenters. The molecule has 2 aromatic rings. The molecule has 0 aliphatic heterocycles. The number of methoxy groups -OCH3 is 2. The molecule has 0 spiro atoms. The number of allylic oxidation sites excluding steroid dienone is 2. The molecule has 6 rings (SSSR count). The van der Waals surface area contributed by atoms with Crippen LogP contribution >= 0.6 is 11.3 Å². The first-order valence-corrected chi connectivity index (χ1v) is 17.2. The van der Waals surface area contributed by atoms with Gasteiger partial charge in [0.1, 0.15) is 11.5 Å². The van der Waals surface area contributed by atoms with Crippen LogP contribution in [0.4, 0.5) is 10.8 Å². The van der Waals surface area contributed by atoms with E-state index in [1.54, 1.807) is 19.8 Å². The van der Waals surface area contributed by atoms with Crippen LogP contribution in [0.1, 0.15) is 103 Å². The molecule has 5 heteroatoms. The molecule has 1 heterocycles. The van der Waals surface area contributed by atoms with Crippen molar-refractivity contribution in [3.05, 3.63) is 34.8 Å². The number of hydrogen-bond acceptors (Lipinski definition) is 5. The predicted molar refractivity (Wildman–Crippen MR) is 172 cm³/mol. The number of thiazole rings is 1. The monoisotopic (exact) mass is 576 g/mol. The Morgan fingerprint density at radius 3 is 2.61 bits per heavy atom. The van der Waals surface area contributed by atoms with Crippen molar-refractivity contribution in [2.45, 2.75) is 98.8 Å². The van der Waals surface area contributed by atoms with Crippen LogP contribution in [0.25, 0.3) is 5.57 Å². The van der Waals surface area contributed by atoms with E-state index in [4.69, 9.17) is 14.5 Å². The second kappa shape index (κ2) is 11.2. The summed E-state index contributed by atoms with van der Waals surface area (Å²) in [7, 11) is 3.39. The van der Waals surface area contributed by atoms with Crippen LogP contribution in [-0.2, 0) is 6.42 Å². The number of aryl methyl sites for hydroxylation is 1. The van der Waals surface area contributed by atoms with E-state index < -0.39 is 0 Å². The third-order valence-corrected chi connectivity index (χ3v) is 13.2. The minimum Gasteiger partial charge on any atom is -0.497 e. The van der Waals surface area contributed by atoms with Crippen molar-refractivity contribution in [1.29, 1.82) is 0 Å². The van der Waals surface area contributed by atoms with Gasteiger partial charge in [-0.05, 0) is 109 Å². The van der Waals surface area contributed by atoms with Crippen molar-refractivity contribution in [3.63, 3.8) is 0 Å². The molecule has 1 aromatic heterocycles. The van der Waals surface area contributed by atoms with Gasteiger partial charge in [-0.2, -0.15) is 0 Å². The highest BCUT2D eigenvalue weighted by atomic mass is 32.1. The van der Waals surface area contributed by atoms with Crippen LogP contribution in [0.5, 0.6) is 11.5 Å². The maximum atomic E-state index is 5.64. The van der Waals surface area contributed by atoms with Crippen molar-refractivity contribution < 1.29 is 9.47 Å². The standard InChI is InChI=1S/C36H52N2O2S/c1-22(2)9-8-10-23(3)26-14-15-27-25-12-13-29-33-31(18-20-36(29,5)28(25)17-19-35(26,27)4)38-34(41-33)37-30-16-11-24(39-6)21-32(30)40-7/h11,13,16,21-23,25-28H,8-10,12,14-15,17-20H2,1-7H3,(H,37,38). The largest absolute Gasteiger partial charge is 0.497 e. The lowest BCUT2D eigenvalue weighted by atomic mass is 9.47. The Bertz CT molecular complexity index is 1280. The SMILES string of the molecule is COc1ccc(Nc2nc3c(s2)C2=CCC4C(CCC5(C)C(C(C)CCCC(C)C)CCC45)C2(C)CC3)c(OC)c1. The maximum absolute atomic E-state index is 5.64. The van der Waals surface area contributed by atoms with Crippen LogP contribution < -0.4 is 14.8 Å². The van der Waals surface area contributed by atoms with E-state index in [0.29, 0.717) is 5.41 Å². The minimum atomic E-state index is 0.278. The fourth-order valence-corrected chi connectivity index (χ4v) is 11.2. The van der Waals surface area contributed by atoms with Crippen molar-refractivity contribution in [2.24, 2.45) is 46.3 Å². The lowest BCUT2D eigenvalue weighted by Crippen LogP contribution is -2.49. The van der Waals surface area contributed by atoms with E-state index in [-0.39, 0.29) is 5.41 Å². The molecule has 41 heavy (non-hydrogen) atoms. The molecule has 4 aliphatic rings. The van der Waals surface area contributed by atoms with Gasteiger partial charge in [0.2, 0.25) is 0 Å². The lowest BCUT2D eigenvalue weighted by Gasteiger charge is -2.57. The van der Waals surface area contributed by atoms with Crippen LogP contribution in [-0.4, -0.2) is 19.2 Å². The summed E-state index contributed by atoms with van der Waals surface area (Å²) in [6.45, 7) is 12.7. The van der Waals surface area contributed by atoms with Gasteiger partial charge in [-0.1, -0.05) is 71.3 Å². The Morgan fingerprint density at radius 2 is 1.85 bits per heavy atom. The van der Waals surface area contributed by atoms with Gasteiger partial charge in [0.25, 0.3) is 0 Å². The molecule has 0 bridgehead atoms. The first-order valence-electron chi connectivity index (χ1n) is 16.4. The molecule has 0 radical (unpaired) electrons. The van der Waals surface area contributed by atoms with Gasteiger partial charge in [-0.15, -0.1) is 0 Å². The van der Waals surface area contributed by atoms with Crippen LogP contribution in [0.15, 0.2) is 24.3 Å². The smallest absolute Gasteiger partial charge is 0.188 e. The van der Waals surface area contributed by atoms with Crippen LogP contribution in [0, 0.1) is 46.3 Å². The topological polar surface area (TPSA) is 43.4 Å². The molecule has 0 amide bonds. The fraction of sp³-hybridized carbons (Fsp3) is 0.694. The maximum Gasteiger partial charge on any atom is 0.188 e. The normalized spacial score (nSPS) is 32.8. The highest BCUT2D eigenvalue weighted by molar-refractivity contribution is 7.16. The zero-order valence-corrected chi connectivity index (χ0v) is 27.3. The van der Waals surface area contributed by atoms with Crippen molar-refractivity contribution in [3.8, 4) is 11.5 Å². The summed E-state index contributed by atoms with van der Waals surface area (Å²) < 4.78 is 11.0. The van der Waals surface area contributed by atoms with E-state index in [1.165, 1.54) is 68.4 Å². The van der Waals surface area contributed by atoms with Gasteiger partial charge in [-0.25, -0.2) is 4.98 Å². The van der Waals surface area contributed by atoms with E-state index >= 15 is 0 Å². The van der Waals surface area contributed by atoms with Gasteiger partial charge in [0.05, 0.1) is 30.5 Å². The van der Waals surface area contributed by atoms with Crippen molar-refractivity contribution in [1.82, 2.24) is 4.98 Å². The molecule has 7 atom stereocenters. The Balaban J connectivity index is 1.22. The molecule has 4 nitrogen and oxygen atoms in total. The number of benzene rings is 1. The molecule has 1 N–H and O–H groups in total. The summed E-state index contributed by atoms with van der Waals surface area (Å²) in [6, 6.07) is 5.91. The zero-order chi connectivity index (χ0) is 28.9. The van der Waals surface area contributed by atoms with Crippen molar-refractivity contribution in [2.75, 3.05) is 19.5 Å². The second-order valence-electron chi connectivity index (χ2n) is 14.7. The van der Waals surface area contributed by atoms with E-state index in [1.807, 2.05) is 29.5 Å². The third kappa shape index (κ3) is 5.02. The number of nitrogens with one attached hydrogen (secondary N) is 1. The number of nitrogens with zero attached hydrogens (tertiary/aromatic N) is 1. The van der Waals surface area contributed by atoms with Crippen LogP contribution in [0.2, 0.25) is 0 Å². The number of fused-ring (bicyclic) bond motifs is 7. The van der Waals surface area contributed by atoms with E-state index in [2.05, 4.69) is 46.0 Å². The average molecular weight is 577 g/mol.